The molecule has 0 aromatic heterocycles. The highest BCUT2D eigenvalue weighted by Gasteiger charge is 2.15. The second-order valence-corrected chi connectivity index (χ2v) is 5.49. The Labute approximate surface area is 125 Å². The molecule has 1 heterocycles. The van der Waals surface area contributed by atoms with Crippen molar-refractivity contribution in [2.75, 3.05) is 31.1 Å². The second kappa shape index (κ2) is 7.98. The molecule has 1 fully saturated rings. The molecule has 4 nitrogen and oxygen atoms in total. The highest BCUT2D eigenvalue weighted by molar-refractivity contribution is 5.72. The zero-order chi connectivity index (χ0) is 15.1. The number of anilines is 1. The van der Waals surface area contributed by atoms with Crippen molar-refractivity contribution in [3.63, 3.8) is 0 Å². The van der Waals surface area contributed by atoms with Crippen LogP contribution in [0.3, 0.4) is 0 Å². The predicted molar refractivity (Wildman–Crippen MR) is 82.9 cm³/mol. The van der Waals surface area contributed by atoms with Crippen molar-refractivity contribution in [1.82, 2.24) is 10.6 Å². The maximum Gasteiger partial charge on any atom is 0.216 e. The van der Waals surface area contributed by atoms with Crippen LogP contribution in [0, 0.1) is 5.82 Å². The lowest BCUT2D eigenvalue weighted by atomic mass is 10.1. The van der Waals surface area contributed by atoms with E-state index >= 15 is 0 Å². The van der Waals surface area contributed by atoms with E-state index in [1.165, 1.54) is 13.3 Å². The average molecular weight is 293 g/mol. The first-order valence-electron chi connectivity index (χ1n) is 7.65. The summed E-state index contributed by atoms with van der Waals surface area (Å²) in [6.07, 6.45) is 3.51. The van der Waals surface area contributed by atoms with Crippen LogP contribution in [0.4, 0.5) is 10.1 Å². The maximum absolute atomic E-state index is 14.0. The molecule has 0 bridgehead atoms. The van der Waals surface area contributed by atoms with Gasteiger partial charge in [-0.3, -0.25) is 4.79 Å². The van der Waals surface area contributed by atoms with E-state index in [0.29, 0.717) is 19.6 Å². The van der Waals surface area contributed by atoms with Crippen LogP contribution < -0.4 is 15.5 Å². The first-order chi connectivity index (χ1) is 10.2. The Morgan fingerprint density at radius 3 is 2.71 bits per heavy atom. The molecule has 0 saturated carbocycles. The molecule has 0 radical (unpaired) electrons. The number of hydrogen-bond acceptors (Lipinski definition) is 3. The quantitative estimate of drug-likeness (QED) is 0.789. The Hall–Kier alpha value is -1.62. The second-order valence-electron chi connectivity index (χ2n) is 5.49. The van der Waals surface area contributed by atoms with Gasteiger partial charge >= 0.3 is 0 Å². The number of nitrogens with zero attached hydrogens (tertiary/aromatic N) is 1. The van der Waals surface area contributed by atoms with Gasteiger partial charge in [-0.05, 0) is 37.0 Å². The molecule has 2 rings (SSSR count). The summed E-state index contributed by atoms with van der Waals surface area (Å²) in [5.74, 6) is -0.162. The van der Waals surface area contributed by atoms with Crippen molar-refractivity contribution in [1.29, 1.82) is 0 Å². The van der Waals surface area contributed by atoms with Gasteiger partial charge in [0.25, 0.3) is 0 Å². The summed E-state index contributed by atoms with van der Waals surface area (Å²) in [6, 6.07) is 5.30. The third kappa shape index (κ3) is 5.01. The average Bonchev–Trinajstić information content (AvgIpc) is 2.49. The van der Waals surface area contributed by atoms with Gasteiger partial charge in [0.15, 0.2) is 0 Å². The molecule has 0 spiro atoms. The largest absolute Gasteiger partial charge is 0.369 e. The van der Waals surface area contributed by atoms with Crippen LogP contribution in [0.15, 0.2) is 18.2 Å². The van der Waals surface area contributed by atoms with Crippen LogP contribution in [0.25, 0.3) is 0 Å². The molecule has 2 N–H and O–H groups in total. The maximum atomic E-state index is 14.0. The summed E-state index contributed by atoms with van der Waals surface area (Å²) in [5.41, 5.74) is 1.79. The number of rotatable bonds is 6. The third-order valence-electron chi connectivity index (χ3n) is 3.71. The summed E-state index contributed by atoms with van der Waals surface area (Å²) in [4.78, 5) is 12.9. The van der Waals surface area contributed by atoms with Crippen LogP contribution in [0.1, 0.15) is 31.7 Å². The van der Waals surface area contributed by atoms with Crippen LogP contribution in [-0.2, 0) is 11.3 Å². The number of carbonyl (C=O) groups is 1. The van der Waals surface area contributed by atoms with Gasteiger partial charge in [-0.1, -0.05) is 6.07 Å². The van der Waals surface area contributed by atoms with Gasteiger partial charge in [0, 0.05) is 39.6 Å². The Morgan fingerprint density at radius 1 is 1.24 bits per heavy atom. The first kappa shape index (κ1) is 15.8. The van der Waals surface area contributed by atoms with Crippen molar-refractivity contribution in [3.8, 4) is 0 Å². The van der Waals surface area contributed by atoms with Crippen molar-refractivity contribution < 1.29 is 9.18 Å². The van der Waals surface area contributed by atoms with E-state index in [9.17, 15) is 9.18 Å². The van der Waals surface area contributed by atoms with E-state index in [1.807, 2.05) is 12.1 Å². The highest BCUT2D eigenvalue weighted by atomic mass is 19.1. The zero-order valence-corrected chi connectivity index (χ0v) is 12.6. The predicted octanol–water partition coefficient (Wildman–Crippen LogP) is 2.04. The Bertz CT molecular complexity index is 473. The molecule has 116 valence electrons. The lowest BCUT2D eigenvalue weighted by Crippen LogP contribution is -2.31. The molecule has 1 aliphatic rings. The first-order valence-corrected chi connectivity index (χ1v) is 7.65. The number of benzene rings is 1. The molecule has 5 heteroatoms. The Morgan fingerprint density at radius 2 is 2.00 bits per heavy atom. The van der Waals surface area contributed by atoms with E-state index in [0.717, 1.165) is 37.2 Å². The van der Waals surface area contributed by atoms with Gasteiger partial charge in [-0.2, -0.15) is 0 Å². The van der Waals surface area contributed by atoms with Crippen LogP contribution >= 0.6 is 0 Å². The standard InChI is InChI=1S/C16H24FN3O/c1-13(21)19-8-7-18-12-14-5-6-15(17)16(11-14)20-9-3-2-4-10-20/h5-6,11,18H,2-4,7-10,12H2,1H3,(H,19,21). The van der Waals surface area contributed by atoms with Crippen molar-refractivity contribution in [3.05, 3.63) is 29.6 Å². The minimum absolute atomic E-state index is 0.0223. The van der Waals surface area contributed by atoms with E-state index in [2.05, 4.69) is 15.5 Å². The molecule has 1 aromatic rings. The molecule has 0 atom stereocenters. The highest BCUT2D eigenvalue weighted by Crippen LogP contribution is 2.24. The molecular formula is C16H24FN3O. The SMILES string of the molecule is CC(=O)NCCNCc1ccc(F)c(N2CCCCC2)c1. The fourth-order valence-corrected chi connectivity index (χ4v) is 2.60. The minimum atomic E-state index is -0.140. The van der Waals surface area contributed by atoms with Crippen LogP contribution in [-0.4, -0.2) is 32.1 Å². The molecular weight excluding hydrogens is 269 g/mol. The summed E-state index contributed by atoms with van der Waals surface area (Å²) < 4.78 is 14.0. The number of halogens is 1. The van der Waals surface area contributed by atoms with E-state index < -0.39 is 0 Å². The lowest BCUT2D eigenvalue weighted by Gasteiger charge is -2.29. The smallest absolute Gasteiger partial charge is 0.216 e. The minimum Gasteiger partial charge on any atom is -0.369 e. The fraction of sp³-hybridized carbons (Fsp3) is 0.562. The van der Waals surface area contributed by atoms with Gasteiger partial charge in [0.1, 0.15) is 5.82 Å². The molecule has 1 aliphatic heterocycles. The number of amides is 1. The lowest BCUT2D eigenvalue weighted by molar-refractivity contribution is -0.118. The number of nitrogens with one attached hydrogen (secondary N) is 2. The monoisotopic (exact) mass is 293 g/mol. The Kier molecular flexibility index (Phi) is 5.99. The molecule has 0 unspecified atom stereocenters. The molecule has 1 aromatic carbocycles. The van der Waals surface area contributed by atoms with Crippen molar-refractivity contribution in [2.45, 2.75) is 32.7 Å². The van der Waals surface area contributed by atoms with E-state index in [1.54, 1.807) is 6.07 Å². The molecule has 1 amide bonds. The summed E-state index contributed by atoms with van der Waals surface area (Å²) in [7, 11) is 0. The van der Waals surface area contributed by atoms with Crippen molar-refractivity contribution >= 4 is 11.6 Å². The van der Waals surface area contributed by atoms with Crippen LogP contribution in [0.2, 0.25) is 0 Å². The summed E-state index contributed by atoms with van der Waals surface area (Å²) in [6.45, 7) is 5.38. The van der Waals surface area contributed by atoms with E-state index in [4.69, 9.17) is 0 Å². The summed E-state index contributed by atoms with van der Waals surface area (Å²) >= 11 is 0. The third-order valence-corrected chi connectivity index (χ3v) is 3.71. The van der Waals surface area contributed by atoms with Gasteiger partial charge < -0.3 is 15.5 Å². The molecule has 21 heavy (non-hydrogen) atoms. The molecule has 0 aliphatic carbocycles. The topological polar surface area (TPSA) is 44.4 Å². The number of hydrogen-bond donors (Lipinski definition) is 2. The van der Waals surface area contributed by atoms with E-state index in [-0.39, 0.29) is 11.7 Å². The van der Waals surface area contributed by atoms with Gasteiger partial charge in [0.05, 0.1) is 5.69 Å². The zero-order valence-electron chi connectivity index (χ0n) is 12.6. The molecule has 1 saturated heterocycles. The summed E-state index contributed by atoms with van der Waals surface area (Å²) in [5, 5.41) is 5.99. The van der Waals surface area contributed by atoms with Gasteiger partial charge in [-0.15, -0.1) is 0 Å². The van der Waals surface area contributed by atoms with Crippen molar-refractivity contribution in [2.24, 2.45) is 0 Å². The van der Waals surface area contributed by atoms with Gasteiger partial charge in [0.2, 0.25) is 5.91 Å². The normalized spacial score (nSPS) is 15.0. The van der Waals surface area contributed by atoms with Crippen LogP contribution in [0.5, 0.6) is 0 Å². The number of piperidine rings is 1. The number of carbonyl (C=O) groups excluding carboxylic acids is 1. The Balaban J connectivity index is 1.87. The van der Waals surface area contributed by atoms with Gasteiger partial charge in [-0.25, -0.2) is 4.39 Å². The fourth-order valence-electron chi connectivity index (χ4n) is 2.60.